The van der Waals surface area contributed by atoms with Crippen molar-refractivity contribution in [1.82, 2.24) is 9.88 Å². The van der Waals surface area contributed by atoms with Gasteiger partial charge in [0, 0.05) is 31.4 Å². The summed E-state index contributed by atoms with van der Waals surface area (Å²) in [6.45, 7) is 5.59. The van der Waals surface area contributed by atoms with Crippen molar-refractivity contribution < 1.29 is 18.2 Å². The average molecular weight is 477 g/mol. The fourth-order valence-corrected chi connectivity index (χ4v) is 4.30. The number of halogens is 2. The molecule has 0 radical (unpaired) electrons. The lowest BCUT2D eigenvalue weighted by atomic mass is 9.92. The molecule has 2 aliphatic rings. The lowest BCUT2D eigenvalue weighted by Gasteiger charge is -2.24. The van der Waals surface area contributed by atoms with Crippen LogP contribution < -0.4 is 5.32 Å². The van der Waals surface area contributed by atoms with Crippen LogP contribution >= 0.6 is 0 Å². The Morgan fingerprint density at radius 1 is 0.971 bits per heavy atom. The van der Waals surface area contributed by atoms with Crippen LogP contribution in [0.15, 0.2) is 72.0 Å². The summed E-state index contributed by atoms with van der Waals surface area (Å²) in [6.07, 6.45) is 3.90. The zero-order chi connectivity index (χ0) is 24.0. The van der Waals surface area contributed by atoms with Gasteiger partial charge in [-0.05, 0) is 64.8 Å². The number of nitrogens with one attached hydrogen (secondary N) is 1. The maximum absolute atomic E-state index is 13.6. The quantitative estimate of drug-likeness (QED) is 0.502. The molecule has 0 spiro atoms. The highest BCUT2D eigenvalue weighted by atomic mass is 19.1. The highest BCUT2D eigenvalue weighted by Crippen LogP contribution is 2.26. The summed E-state index contributed by atoms with van der Waals surface area (Å²) in [6, 6.07) is 16.9. The molecule has 3 aromatic rings. The molecule has 1 saturated heterocycles. The highest BCUT2D eigenvalue weighted by Gasteiger charge is 2.31. The molecule has 35 heavy (non-hydrogen) atoms. The fraction of sp³-hybridized carbons (Fsp3) is 0.296. The molecule has 3 heterocycles. The second kappa shape index (κ2) is 10.8. The minimum absolute atomic E-state index is 0.0838. The minimum atomic E-state index is -0.270. The van der Waals surface area contributed by atoms with Crippen molar-refractivity contribution in [2.75, 3.05) is 44.7 Å². The van der Waals surface area contributed by atoms with Gasteiger partial charge in [0.2, 0.25) is 0 Å². The van der Waals surface area contributed by atoms with E-state index in [0.29, 0.717) is 6.54 Å². The summed E-state index contributed by atoms with van der Waals surface area (Å²) < 4.78 is 34.2. The van der Waals surface area contributed by atoms with E-state index in [-0.39, 0.29) is 17.6 Å². The van der Waals surface area contributed by atoms with E-state index in [1.165, 1.54) is 24.3 Å². The number of hydrazone groups is 1. The Morgan fingerprint density at radius 3 is 2.43 bits per heavy atom. The van der Waals surface area contributed by atoms with Crippen molar-refractivity contribution in [2.24, 2.45) is 5.10 Å². The third-order valence-corrected chi connectivity index (χ3v) is 6.27. The molecule has 0 saturated carbocycles. The number of ether oxygens (including phenoxy) is 1. The summed E-state index contributed by atoms with van der Waals surface area (Å²) in [5, 5.41) is 8.22. The van der Waals surface area contributed by atoms with Crippen LogP contribution in [0.3, 0.4) is 0 Å². The number of morpholine rings is 1. The smallest absolute Gasteiger partial charge is 0.186 e. The van der Waals surface area contributed by atoms with E-state index in [1.54, 1.807) is 30.5 Å². The predicted octanol–water partition coefficient (Wildman–Crippen LogP) is 3.89. The van der Waals surface area contributed by atoms with Gasteiger partial charge in [0.15, 0.2) is 12.8 Å². The first-order valence-electron chi connectivity index (χ1n) is 11.8. The standard InChI is InChI=1S/C27H28F2N5O/c28-23-5-1-20(2-6-23)18-31-26-17-22(9-10-30-26)25-19-34(12-11-33-13-15-35-16-14-33)32-27(25)21-3-7-24(29)8-4-21/h1-10,17,19,25H,11-16,18H2,(H,30,31)/q+1. The number of hydrogen-bond acceptors (Lipinski definition) is 5. The Kier molecular flexibility index (Phi) is 7.20. The second-order valence-electron chi connectivity index (χ2n) is 8.69. The van der Waals surface area contributed by atoms with Crippen molar-refractivity contribution in [3.63, 3.8) is 0 Å². The van der Waals surface area contributed by atoms with E-state index in [9.17, 15) is 8.78 Å². The predicted molar refractivity (Wildman–Crippen MR) is 132 cm³/mol. The van der Waals surface area contributed by atoms with Crippen molar-refractivity contribution in [1.29, 1.82) is 0 Å². The van der Waals surface area contributed by atoms with Gasteiger partial charge in [0.25, 0.3) is 0 Å². The van der Waals surface area contributed by atoms with Gasteiger partial charge in [-0.3, -0.25) is 4.90 Å². The topological polar surface area (TPSA) is 52.8 Å². The van der Waals surface area contributed by atoms with Crippen LogP contribution in [0.1, 0.15) is 22.6 Å². The number of benzene rings is 2. The normalized spacial score (nSPS) is 18.3. The Morgan fingerprint density at radius 2 is 1.69 bits per heavy atom. The zero-order valence-electron chi connectivity index (χ0n) is 19.4. The summed E-state index contributed by atoms with van der Waals surface area (Å²) in [5.74, 6) is 0.120. The number of hydrogen-bond donors (Lipinski definition) is 1. The van der Waals surface area contributed by atoms with Crippen LogP contribution in [-0.2, 0) is 11.3 Å². The Bertz CT molecular complexity index is 1210. The maximum Gasteiger partial charge on any atom is 0.186 e. The number of rotatable bonds is 8. The van der Waals surface area contributed by atoms with E-state index in [2.05, 4.69) is 21.4 Å². The van der Waals surface area contributed by atoms with Crippen molar-refractivity contribution in [3.8, 4) is 0 Å². The molecule has 8 heteroatoms. The number of nitrogens with zero attached hydrogens (tertiary/aromatic N) is 4. The molecule has 2 aliphatic heterocycles. The molecule has 0 bridgehead atoms. The third-order valence-electron chi connectivity index (χ3n) is 6.27. The molecule has 0 aliphatic carbocycles. The van der Waals surface area contributed by atoms with E-state index in [0.717, 1.165) is 67.6 Å². The van der Waals surface area contributed by atoms with Crippen LogP contribution in [0.4, 0.5) is 14.6 Å². The number of aromatic nitrogens is 1. The Hall–Kier alpha value is -3.49. The number of anilines is 1. The van der Waals surface area contributed by atoms with E-state index in [1.807, 2.05) is 16.8 Å². The van der Waals surface area contributed by atoms with Gasteiger partial charge < -0.3 is 10.1 Å². The van der Waals surface area contributed by atoms with E-state index in [4.69, 9.17) is 9.84 Å². The van der Waals surface area contributed by atoms with Crippen molar-refractivity contribution >= 4 is 17.7 Å². The molecule has 180 valence electrons. The molecule has 1 atom stereocenters. The van der Waals surface area contributed by atoms with Gasteiger partial charge in [0.1, 0.15) is 29.1 Å². The van der Waals surface area contributed by atoms with Gasteiger partial charge in [-0.25, -0.2) is 13.8 Å². The third kappa shape index (κ3) is 5.96. The summed E-state index contributed by atoms with van der Waals surface area (Å²) >= 11 is 0. The molecule has 5 rings (SSSR count). The van der Waals surface area contributed by atoms with Gasteiger partial charge >= 0.3 is 0 Å². The van der Waals surface area contributed by atoms with Gasteiger partial charge in [-0.2, -0.15) is 0 Å². The van der Waals surface area contributed by atoms with Crippen molar-refractivity contribution in [2.45, 2.75) is 12.5 Å². The van der Waals surface area contributed by atoms with Crippen LogP contribution in [-0.4, -0.2) is 65.9 Å². The molecule has 1 unspecified atom stereocenters. The first-order chi connectivity index (χ1) is 17.1. The molecule has 1 N–H and O–H groups in total. The minimum Gasteiger partial charge on any atom is -0.379 e. The van der Waals surface area contributed by atoms with Gasteiger partial charge in [-0.15, -0.1) is 0 Å². The van der Waals surface area contributed by atoms with Crippen LogP contribution in [0.2, 0.25) is 0 Å². The largest absolute Gasteiger partial charge is 0.379 e. The molecular weight excluding hydrogens is 448 g/mol. The number of pyridine rings is 1. The molecule has 0 amide bonds. The second-order valence-corrected chi connectivity index (χ2v) is 8.69. The summed E-state index contributed by atoms with van der Waals surface area (Å²) in [4.78, 5) is 6.83. The molecule has 6 nitrogen and oxygen atoms in total. The van der Waals surface area contributed by atoms with Gasteiger partial charge in [0.05, 0.1) is 19.8 Å². The average Bonchev–Trinajstić information content (AvgIpc) is 3.33. The van der Waals surface area contributed by atoms with Crippen LogP contribution in [0.5, 0.6) is 0 Å². The summed E-state index contributed by atoms with van der Waals surface area (Å²) in [7, 11) is 0. The Labute approximate surface area is 203 Å². The summed E-state index contributed by atoms with van der Waals surface area (Å²) in [5.41, 5.74) is 3.77. The van der Waals surface area contributed by atoms with Gasteiger partial charge in [-0.1, -0.05) is 16.8 Å². The Balaban J connectivity index is 1.35. The van der Waals surface area contributed by atoms with E-state index >= 15 is 0 Å². The van der Waals surface area contributed by atoms with Crippen LogP contribution in [0, 0.1) is 11.6 Å². The molecule has 2 aromatic carbocycles. The first-order valence-corrected chi connectivity index (χ1v) is 11.8. The first kappa shape index (κ1) is 23.3. The molecule has 1 fully saturated rings. The van der Waals surface area contributed by atoms with Crippen LogP contribution in [0.25, 0.3) is 0 Å². The SMILES string of the molecule is Fc1ccc(CNc2cc(C3C=[N+](CCN4CCOCC4)N=C3c3ccc(F)cc3)ccn2)cc1. The maximum atomic E-state index is 13.6. The molecule has 1 aromatic heterocycles. The van der Waals surface area contributed by atoms with E-state index < -0.39 is 0 Å². The fourth-order valence-electron chi connectivity index (χ4n) is 4.30. The lowest BCUT2D eigenvalue weighted by molar-refractivity contribution is -0.526. The molecular formula is C27H28F2N5O+. The highest BCUT2D eigenvalue weighted by molar-refractivity contribution is 6.14. The zero-order valence-corrected chi connectivity index (χ0v) is 19.4. The van der Waals surface area contributed by atoms with Crippen molar-refractivity contribution in [3.05, 3.63) is 95.2 Å². The lowest BCUT2D eigenvalue weighted by Crippen LogP contribution is -2.39. The monoisotopic (exact) mass is 476 g/mol.